The molecule has 0 aliphatic rings. The number of nitrogens with zero attached hydrogens (tertiary/aromatic N) is 4. The Labute approximate surface area is 185 Å². The SMILES string of the molecule is CNC(=O)c1ccc(Nc2nccn3c(-c4ccc(OC(F)F)cc4)cnc23)cc1[N+](=O)[O-]. The molecule has 2 N–H and O–H groups in total. The number of nitro benzene ring substituents is 1. The van der Waals surface area contributed by atoms with Crippen molar-refractivity contribution in [3.63, 3.8) is 0 Å². The van der Waals surface area contributed by atoms with Gasteiger partial charge in [-0.3, -0.25) is 19.3 Å². The molecule has 0 saturated carbocycles. The molecule has 4 aromatic rings. The van der Waals surface area contributed by atoms with Gasteiger partial charge in [0.15, 0.2) is 11.5 Å². The predicted octanol–water partition coefficient (Wildman–Crippen LogP) is 4.01. The van der Waals surface area contributed by atoms with Crippen LogP contribution in [0.3, 0.4) is 0 Å². The van der Waals surface area contributed by atoms with Crippen LogP contribution in [0.5, 0.6) is 5.75 Å². The van der Waals surface area contributed by atoms with Crippen molar-refractivity contribution in [1.29, 1.82) is 0 Å². The van der Waals surface area contributed by atoms with Crippen LogP contribution in [0.4, 0.5) is 26.0 Å². The number of rotatable bonds is 7. The summed E-state index contributed by atoms with van der Waals surface area (Å²) in [5.74, 6) is -0.215. The van der Waals surface area contributed by atoms with Crippen molar-refractivity contribution in [2.45, 2.75) is 6.61 Å². The first kappa shape index (κ1) is 21.6. The van der Waals surface area contributed by atoms with Crippen LogP contribution in [0.1, 0.15) is 10.4 Å². The maximum Gasteiger partial charge on any atom is 0.387 e. The average molecular weight is 454 g/mol. The number of anilines is 2. The van der Waals surface area contributed by atoms with Crippen molar-refractivity contribution in [3.05, 3.63) is 76.7 Å². The van der Waals surface area contributed by atoms with Crippen LogP contribution < -0.4 is 15.4 Å². The quantitative estimate of drug-likeness (QED) is 0.319. The number of carbonyl (C=O) groups excluding carboxylic acids is 1. The Bertz CT molecular complexity index is 1340. The first-order chi connectivity index (χ1) is 15.9. The normalized spacial score (nSPS) is 10.9. The molecule has 0 radical (unpaired) electrons. The van der Waals surface area contributed by atoms with Crippen LogP contribution >= 0.6 is 0 Å². The highest BCUT2D eigenvalue weighted by Crippen LogP contribution is 2.29. The molecular weight excluding hydrogens is 438 g/mol. The lowest BCUT2D eigenvalue weighted by Gasteiger charge is -2.09. The maximum atomic E-state index is 12.4. The number of nitrogens with one attached hydrogen (secondary N) is 2. The number of imidazole rings is 1. The molecule has 168 valence electrons. The summed E-state index contributed by atoms with van der Waals surface area (Å²) in [5, 5.41) is 16.8. The molecule has 0 saturated heterocycles. The largest absolute Gasteiger partial charge is 0.435 e. The van der Waals surface area contributed by atoms with Crippen LogP contribution in [-0.2, 0) is 0 Å². The molecule has 0 aliphatic carbocycles. The second-order valence-corrected chi connectivity index (χ2v) is 6.71. The molecule has 12 heteroatoms. The van der Waals surface area contributed by atoms with Gasteiger partial charge >= 0.3 is 6.61 Å². The molecule has 10 nitrogen and oxygen atoms in total. The number of amides is 1. The van der Waals surface area contributed by atoms with Gasteiger partial charge in [0.1, 0.15) is 11.3 Å². The van der Waals surface area contributed by atoms with Crippen molar-refractivity contribution < 1.29 is 23.2 Å². The average Bonchev–Trinajstić information content (AvgIpc) is 3.24. The summed E-state index contributed by atoms with van der Waals surface area (Å²) in [6.45, 7) is -2.91. The van der Waals surface area contributed by atoms with Crippen molar-refractivity contribution in [3.8, 4) is 17.0 Å². The van der Waals surface area contributed by atoms with Crippen LogP contribution in [0.25, 0.3) is 16.9 Å². The monoisotopic (exact) mass is 454 g/mol. The summed E-state index contributed by atoms with van der Waals surface area (Å²) in [6, 6.07) is 10.2. The van der Waals surface area contributed by atoms with E-state index in [0.29, 0.717) is 28.4 Å². The summed E-state index contributed by atoms with van der Waals surface area (Å²) >= 11 is 0. The fourth-order valence-corrected chi connectivity index (χ4v) is 3.25. The third-order valence-electron chi connectivity index (χ3n) is 4.73. The van der Waals surface area contributed by atoms with Crippen LogP contribution in [0, 0.1) is 10.1 Å². The Kier molecular flexibility index (Phi) is 5.81. The Morgan fingerprint density at radius 1 is 1.18 bits per heavy atom. The van der Waals surface area contributed by atoms with E-state index in [4.69, 9.17) is 0 Å². The molecule has 2 aromatic heterocycles. The van der Waals surface area contributed by atoms with Crippen molar-refractivity contribution in [1.82, 2.24) is 19.7 Å². The maximum absolute atomic E-state index is 12.4. The van der Waals surface area contributed by atoms with E-state index >= 15 is 0 Å². The van der Waals surface area contributed by atoms with Crippen molar-refractivity contribution in [2.24, 2.45) is 0 Å². The van der Waals surface area contributed by atoms with Gasteiger partial charge in [-0.15, -0.1) is 0 Å². The molecule has 0 spiro atoms. The van der Waals surface area contributed by atoms with E-state index in [2.05, 4.69) is 25.3 Å². The number of hydrogen-bond donors (Lipinski definition) is 2. The van der Waals surface area contributed by atoms with Gasteiger partial charge in [-0.25, -0.2) is 9.97 Å². The lowest BCUT2D eigenvalue weighted by Crippen LogP contribution is -2.19. The molecular formula is C21H16F2N6O4. The van der Waals surface area contributed by atoms with Crippen LogP contribution in [-0.4, -0.2) is 38.9 Å². The fraction of sp³-hybridized carbons (Fsp3) is 0.0952. The molecule has 0 atom stereocenters. The molecule has 33 heavy (non-hydrogen) atoms. The van der Waals surface area contributed by atoms with Gasteiger partial charge < -0.3 is 15.4 Å². The molecule has 0 bridgehead atoms. The zero-order chi connectivity index (χ0) is 23.5. The Balaban J connectivity index is 1.67. The van der Waals surface area contributed by atoms with E-state index in [-0.39, 0.29) is 17.0 Å². The fourth-order valence-electron chi connectivity index (χ4n) is 3.25. The number of aromatic nitrogens is 3. The standard InChI is InChI=1S/C21H16F2N6O4/c1-24-20(30)15-7-4-13(10-16(15)29(31)32)27-18-19-26-11-17(28(19)9-8-25-18)12-2-5-14(6-3-12)33-21(22)23/h2-11,21H,1H3,(H,24,30)(H,25,27). The Morgan fingerprint density at radius 3 is 2.61 bits per heavy atom. The second kappa shape index (κ2) is 8.86. The minimum absolute atomic E-state index is 0.0355. The van der Waals surface area contributed by atoms with Gasteiger partial charge in [0.25, 0.3) is 11.6 Å². The first-order valence-corrected chi connectivity index (χ1v) is 9.52. The summed E-state index contributed by atoms with van der Waals surface area (Å²) in [4.78, 5) is 31.3. The minimum atomic E-state index is -2.91. The molecule has 1 amide bonds. The number of benzene rings is 2. The van der Waals surface area contributed by atoms with Gasteiger partial charge in [0.2, 0.25) is 0 Å². The molecule has 0 unspecified atom stereocenters. The lowest BCUT2D eigenvalue weighted by molar-refractivity contribution is -0.385. The second-order valence-electron chi connectivity index (χ2n) is 6.71. The van der Waals surface area contributed by atoms with Crippen molar-refractivity contribution >= 4 is 28.7 Å². The molecule has 0 fully saturated rings. The summed E-state index contributed by atoms with van der Waals surface area (Å²) < 4.78 is 30.8. The van der Waals surface area contributed by atoms with Gasteiger partial charge in [-0.2, -0.15) is 8.78 Å². The highest BCUT2D eigenvalue weighted by molar-refractivity contribution is 5.98. The molecule has 2 heterocycles. The van der Waals surface area contributed by atoms with E-state index in [0.717, 1.165) is 0 Å². The highest BCUT2D eigenvalue weighted by atomic mass is 19.3. The number of nitro groups is 1. The smallest absolute Gasteiger partial charge is 0.387 e. The Morgan fingerprint density at radius 2 is 1.94 bits per heavy atom. The summed E-state index contributed by atoms with van der Waals surface area (Å²) in [7, 11) is 1.39. The number of alkyl halides is 2. The molecule has 4 rings (SSSR count). The third-order valence-corrected chi connectivity index (χ3v) is 4.73. The molecule has 2 aromatic carbocycles. The Hall–Kier alpha value is -4.61. The summed E-state index contributed by atoms with van der Waals surface area (Å²) in [5.41, 5.74) is 1.71. The zero-order valence-corrected chi connectivity index (χ0v) is 17.0. The van der Waals surface area contributed by atoms with Gasteiger partial charge in [-0.05, 0) is 36.4 Å². The number of halogens is 2. The minimum Gasteiger partial charge on any atom is -0.435 e. The van der Waals surface area contributed by atoms with E-state index in [1.807, 2.05) is 0 Å². The van der Waals surface area contributed by atoms with Crippen molar-refractivity contribution in [2.75, 3.05) is 12.4 Å². The molecule has 0 aliphatic heterocycles. The number of fused-ring (bicyclic) bond motifs is 1. The van der Waals surface area contributed by atoms with Gasteiger partial charge in [-0.1, -0.05) is 0 Å². The van der Waals surface area contributed by atoms with E-state index in [1.54, 1.807) is 28.9 Å². The van der Waals surface area contributed by atoms with E-state index in [1.165, 1.54) is 43.6 Å². The third kappa shape index (κ3) is 4.39. The topological polar surface area (TPSA) is 124 Å². The number of hydrogen-bond acceptors (Lipinski definition) is 7. The van der Waals surface area contributed by atoms with Crippen LogP contribution in [0.2, 0.25) is 0 Å². The van der Waals surface area contributed by atoms with E-state index in [9.17, 15) is 23.7 Å². The highest BCUT2D eigenvalue weighted by Gasteiger charge is 2.20. The van der Waals surface area contributed by atoms with Crippen LogP contribution in [0.15, 0.2) is 61.1 Å². The lowest BCUT2D eigenvalue weighted by atomic mass is 10.1. The summed E-state index contributed by atoms with van der Waals surface area (Å²) in [6.07, 6.45) is 4.77. The zero-order valence-electron chi connectivity index (χ0n) is 17.0. The first-order valence-electron chi connectivity index (χ1n) is 9.52. The predicted molar refractivity (Wildman–Crippen MR) is 115 cm³/mol. The van der Waals surface area contributed by atoms with Gasteiger partial charge in [0.05, 0.1) is 16.8 Å². The van der Waals surface area contributed by atoms with E-state index < -0.39 is 17.4 Å². The van der Waals surface area contributed by atoms with Gasteiger partial charge in [0, 0.05) is 36.8 Å². The number of carbonyl (C=O) groups is 1. The number of ether oxygens (including phenoxy) is 1.